The predicted molar refractivity (Wildman–Crippen MR) is 61.7 cm³/mol. The molecule has 3 nitrogen and oxygen atoms in total. The Morgan fingerprint density at radius 3 is 2.73 bits per heavy atom. The fraction of sp³-hybridized carbons (Fsp3) is 0.250. The number of aryl methyl sites for hydroxylation is 2. The van der Waals surface area contributed by atoms with Gasteiger partial charge in [0.15, 0.2) is 0 Å². The molecule has 0 aliphatic carbocycles. The molecule has 15 heavy (non-hydrogen) atoms. The number of aromatic nitrogens is 2. The van der Waals surface area contributed by atoms with Crippen LogP contribution in [0.5, 0.6) is 0 Å². The average Bonchev–Trinajstić information content (AvgIpc) is 2.45. The highest BCUT2D eigenvalue weighted by molar-refractivity contribution is 5.27. The van der Waals surface area contributed by atoms with E-state index in [1.165, 1.54) is 11.1 Å². The Balaban J connectivity index is 2.25. The van der Waals surface area contributed by atoms with E-state index in [0.29, 0.717) is 5.95 Å². The third kappa shape index (κ3) is 2.18. The minimum absolute atomic E-state index is 0.578. The molecule has 0 bridgehead atoms. The highest BCUT2D eigenvalue weighted by atomic mass is 15.1. The molecule has 0 aliphatic heterocycles. The fourth-order valence-corrected chi connectivity index (χ4v) is 1.70. The Morgan fingerprint density at radius 2 is 2.13 bits per heavy atom. The number of imidazole rings is 1. The molecular weight excluding hydrogens is 186 g/mol. The average molecular weight is 201 g/mol. The van der Waals surface area contributed by atoms with E-state index in [1.54, 1.807) is 0 Å². The van der Waals surface area contributed by atoms with E-state index in [4.69, 9.17) is 5.73 Å². The number of nitrogens with two attached hydrogens (primary N) is 1. The normalized spacial score (nSPS) is 10.5. The van der Waals surface area contributed by atoms with Gasteiger partial charge < -0.3 is 10.3 Å². The van der Waals surface area contributed by atoms with Gasteiger partial charge in [0.2, 0.25) is 5.95 Å². The molecule has 1 heterocycles. The topological polar surface area (TPSA) is 43.8 Å². The molecule has 0 unspecified atom stereocenters. The van der Waals surface area contributed by atoms with Gasteiger partial charge in [-0.3, -0.25) is 0 Å². The highest BCUT2D eigenvalue weighted by Gasteiger charge is 2.01. The molecule has 1 aromatic heterocycles. The summed E-state index contributed by atoms with van der Waals surface area (Å²) in [6, 6.07) is 8.41. The summed E-state index contributed by atoms with van der Waals surface area (Å²) in [6.07, 6.45) is 1.97. The zero-order valence-electron chi connectivity index (χ0n) is 9.07. The van der Waals surface area contributed by atoms with Crippen LogP contribution in [0.15, 0.2) is 30.5 Å². The highest BCUT2D eigenvalue weighted by Crippen LogP contribution is 2.10. The molecule has 0 saturated carbocycles. The minimum Gasteiger partial charge on any atom is -0.369 e. The van der Waals surface area contributed by atoms with E-state index in [2.05, 4.69) is 36.2 Å². The SMILES string of the molecule is Cc1cccc(Cn2cc(C)nc2N)c1. The molecule has 2 N–H and O–H groups in total. The van der Waals surface area contributed by atoms with Crippen molar-refractivity contribution in [1.29, 1.82) is 0 Å². The van der Waals surface area contributed by atoms with Gasteiger partial charge in [0.25, 0.3) is 0 Å². The van der Waals surface area contributed by atoms with Crippen molar-refractivity contribution in [2.45, 2.75) is 20.4 Å². The summed E-state index contributed by atoms with van der Waals surface area (Å²) in [5.41, 5.74) is 9.25. The Kier molecular flexibility index (Phi) is 2.46. The first-order valence-electron chi connectivity index (χ1n) is 5.00. The van der Waals surface area contributed by atoms with Crippen molar-refractivity contribution in [3.05, 3.63) is 47.3 Å². The van der Waals surface area contributed by atoms with Crippen molar-refractivity contribution in [3.8, 4) is 0 Å². The second-order valence-electron chi connectivity index (χ2n) is 3.86. The van der Waals surface area contributed by atoms with Crippen LogP contribution >= 0.6 is 0 Å². The lowest BCUT2D eigenvalue weighted by Crippen LogP contribution is -2.03. The number of hydrogen-bond donors (Lipinski definition) is 1. The molecule has 2 aromatic rings. The van der Waals surface area contributed by atoms with Gasteiger partial charge in [0, 0.05) is 6.20 Å². The molecular formula is C12H15N3. The van der Waals surface area contributed by atoms with Gasteiger partial charge >= 0.3 is 0 Å². The summed E-state index contributed by atoms with van der Waals surface area (Å²) < 4.78 is 1.96. The molecule has 2 rings (SSSR count). The van der Waals surface area contributed by atoms with Crippen LogP contribution in [0, 0.1) is 13.8 Å². The summed E-state index contributed by atoms with van der Waals surface area (Å²) in [5, 5.41) is 0. The molecule has 0 radical (unpaired) electrons. The zero-order chi connectivity index (χ0) is 10.8. The number of rotatable bonds is 2. The van der Waals surface area contributed by atoms with Crippen LogP contribution in [0.25, 0.3) is 0 Å². The summed E-state index contributed by atoms with van der Waals surface area (Å²) in [5.74, 6) is 0.578. The summed E-state index contributed by atoms with van der Waals surface area (Å²) >= 11 is 0. The molecule has 0 amide bonds. The van der Waals surface area contributed by atoms with Crippen molar-refractivity contribution in [3.63, 3.8) is 0 Å². The van der Waals surface area contributed by atoms with Crippen LogP contribution in [0.3, 0.4) is 0 Å². The first-order valence-corrected chi connectivity index (χ1v) is 5.00. The number of hydrogen-bond acceptors (Lipinski definition) is 2. The van der Waals surface area contributed by atoms with Crippen LogP contribution < -0.4 is 5.73 Å². The van der Waals surface area contributed by atoms with Crippen molar-refractivity contribution in [2.24, 2.45) is 0 Å². The van der Waals surface area contributed by atoms with Crippen LogP contribution in [-0.4, -0.2) is 9.55 Å². The maximum Gasteiger partial charge on any atom is 0.200 e. The van der Waals surface area contributed by atoms with Crippen LogP contribution in [0.4, 0.5) is 5.95 Å². The van der Waals surface area contributed by atoms with Crippen molar-refractivity contribution >= 4 is 5.95 Å². The van der Waals surface area contributed by atoms with E-state index in [0.717, 1.165) is 12.2 Å². The first-order chi connectivity index (χ1) is 7.15. The third-order valence-corrected chi connectivity index (χ3v) is 2.36. The molecule has 78 valence electrons. The van der Waals surface area contributed by atoms with Gasteiger partial charge in [0.1, 0.15) is 0 Å². The molecule has 0 aliphatic rings. The van der Waals surface area contributed by atoms with Crippen LogP contribution in [0.2, 0.25) is 0 Å². The van der Waals surface area contributed by atoms with E-state index >= 15 is 0 Å². The maximum atomic E-state index is 5.78. The smallest absolute Gasteiger partial charge is 0.200 e. The number of nitrogens with zero attached hydrogens (tertiary/aromatic N) is 2. The lowest BCUT2D eigenvalue weighted by Gasteiger charge is -2.05. The molecule has 1 aromatic carbocycles. The van der Waals surface area contributed by atoms with Crippen LogP contribution in [0.1, 0.15) is 16.8 Å². The lowest BCUT2D eigenvalue weighted by molar-refractivity contribution is 0.809. The Labute approximate surface area is 89.6 Å². The van der Waals surface area contributed by atoms with Crippen molar-refractivity contribution < 1.29 is 0 Å². The third-order valence-electron chi connectivity index (χ3n) is 2.36. The summed E-state index contributed by atoms with van der Waals surface area (Å²) in [4.78, 5) is 4.17. The van der Waals surface area contributed by atoms with Gasteiger partial charge in [-0.2, -0.15) is 0 Å². The number of nitrogen functional groups attached to an aromatic ring is 1. The zero-order valence-corrected chi connectivity index (χ0v) is 9.07. The summed E-state index contributed by atoms with van der Waals surface area (Å²) in [6.45, 7) is 4.82. The second kappa shape index (κ2) is 3.77. The van der Waals surface area contributed by atoms with Gasteiger partial charge in [-0.1, -0.05) is 29.8 Å². The number of benzene rings is 1. The van der Waals surface area contributed by atoms with Gasteiger partial charge in [0.05, 0.1) is 12.2 Å². The molecule has 0 saturated heterocycles. The Hall–Kier alpha value is -1.77. The lowest BCUT2D eigenvalue weighted by atomic mass is 10.1. The molecule has 0 spiro atoms. The number of anilines is 1. The monoisotopic (exact) mass is 201 g/mol. The minimum atomic E-state index is 0.578. The van der Waals surface area contributed by atoms with Gasteiger partial charge in [-0.15, -0.1) is 0 Å². The second-order valence-corrected chi connectivity index (χ2v) is 3.86. The van der Waals surface area contributed by atoms with Crippen LogP contribution in [-0.2, 0) is 6.54 Å². The standard InChI is InChI=1S/C12H15N3/c1-9-4-3-5-11(6-9)8-15-7-10(2)14-12(15)13/h3-7H,8H2,1-2H3,(H2,13,14). The van der Waals surface area contributed by atoms with Crippen molar-refractivity contribution in [2.75, 3.05) is 5.73 Å². The quantitative estimate of drug-likeness (QED) is 0.808. The largest absolute Gasteiger partial charge is 0.369 e. The van der Waals surface area contributed by atoms with E-state index in [9.17, 15) is 0 Å². The van der Waals surface area contributed by atoms with E-state index in [1.807, 2.05) is 17.7 Å². The molecule has 0 atom stereocenters. The fourth-order valence-electron chi connectivity index (χ4n) is 1.70. The Morgan fingerprint density at radius 1 is 1.33 bits per heavy atom. The van der Waals surface area contributed by atoms with E-state index in [-0.39, 0.29) is 0 Å². The van der Waals surface area contributed by atoms with Gasteiger partial charge in [-0.05, 0) is 19.4 Å². The van der Waals surface area contributed by atoms with E-state index < -0.39 is 0 Å². The molecule has 0 fully saturated rings. The predicted octanol–water partition coefficient (Wildman–Crippen LogP) is 2.13. The Bertz CT molecular complexity index is 471. The molecule has 3 heteroatoms. The summed E-state index contributed by atoms with van der Waals surface area (Å²) in [7, 11) is 0. The van der Waals surface area contributed by atoms with Crippen molar-refractivity contribution in [1.82, 2.24) is 9.55 Å². The maximum absolute atomic E-state index is 5.78. The van der Waals surface area contributed by atoms with Gasteiger partial charge in [-0.25, -0.2) is 4.98 Å². The first kappa shape index (κ1) is 9.77.